The summed E-state index contributed by atoms with van der Waals surface area (Å²) in [7, 11) is 0. The maximum atomic E-state index is 7.28. The van der Waals surface area contributed by atoms with Gasteiger partial charge in [-0.1, -0.05) is 158 Å². The van der Waals surface area contributed by atoms with Gasteiger partial charge in [0.25, 0.3) is 0 Å². The van der Waals surface area contributed by atoms with E-state index in [0.29, 0.717) is 0 Å². The molecule has 0 aliphatic carbocycles. The van der Waals surface area contributed by atoms with Crippen LogP contribution in [-0.2, 0) is 0 Å². The van der Waals surface area contributed by atoms with Crippen LogP contribution in [0.5, 0.6) is 11.5 Å². The highest BCUT2D eigenvalue weighted by molar-refractivity contribution is 6.04. The van der Waals surface area contributed by atoms with Crippen molar-refractivity contribution in [2.75, 3.05) is 4.90 Å². The molecule has 2 nitrogen and oxygen atoms in total. The zero-order valence-electron chi connectivity index (χ0n) is 28.4. The highest BCUT2D eigenvalue weighted by Crippen LogP contribution is 2.55. The predicted molar refractivity (Wildman–Crippen MR) is 218 cm³/mol. The fourth-order valence-corrected chi connectivity index (χ4v) is 7.73. The first kappa shape index (κ1) is 30.0. The number of nitrogens with zero attached hydrogens (tertiary/aromatic N) is 1. The van der Waals surface area contributed by atoms with Crippen LogP contribution in [0.1, 0.15) is 0 Å². The molecule has 0 atom stereocenters. The van der Waals surface area contributed by atoms with Crippen LogP contribution >= 0.6 is 0 Å². The van der Waals surface area contributed by atoms with Crippen molar-refractivity contribution in [3.8, 4) is 56.0 Å². The Bertz CT molecular complexity index is 2750. The highest BCUT2D eigenvalue weighted by Gasteiger charge is 2.28. The smallest absolute Gasteiger partial charge is 0.159 e. The number of fused-ring (bicyclic) bond motifs is 7. The van der Waals surface area contributed by atoms with Gasteiger partial charge in [0, 0.05) is 28.1 Å². The summed E-state index contributed by atoms with van der Waals surface area (Å²) < 4.78 is 7.28. The van der Waals surface area contributed by atoms with E-state index in [1.54, 1.807) is 0 Å². The predicted octanol–water partition coefficient (Wildman–Crippen LogP) is 14.2. The van der Waals surface area contributed by atoms with E-state index in [2.05, 4.69) is 205 Å². The first-order valence-corrected chi connectivity index (χ1v) is 17.8. The molecule has 244 valence electrons. The Labute approximate surface area is 303 Å². The standard InChI is InChI=1S/C50H33NO/c1-3-13-34(14-4-1)36-25-28-41(29-26-36)51(42-30-27-35-15-7-8-18-38(35)31-42)47-24-12-23-45-44-22-11-21-43(37-16-5-2-6-17-37)49(44)46-32-39-19-9-10-20-40(39)33-48(46)52-50(45)47/h1-33H. The summed E-state index contributed by atoms with van der Waals surface area (Å²) in [6.45, 7) is 0. The molecule has 1 aliphatic rings. The summed E-state index contributed by atoms with van der Waals surface area (Å²) in [6, 6.07) is 71.6. The van der Waals surface area contributed by atoms with Crippen molar-refractivity contribution in [3.05, 3.63) is 200 Å². The lowest BCUT2D eigenvalue weighted by molar-refractivity contribution is 0.489. The van der Waals surface area contributed by atoms with Crippen LogP contribution in [0.2, 0.25) is 0 Å². The van der Waals surface area contributed by atoms with Gasteiger partial charge in [-0.15, -0.1) is 0 Å². The van der Waals surface area contributed by atoms with Gasteiger partial charge in [-0.05, 0) is 91.8 Å². The number of para-hydroxylation sites is 1. The molecule has 0 unspecified atom stereocenters. The van der Waals surface area contributed by atoms with Gasteiger partial charge >= 0.3 is 0 Å². The number of benzene rings is 9. The SMILES string of the molecule is c1ccc(-c2ccc(N(c3ccc4ccccc4c3)c3cccc4c3Oc3cc5ccccc5cc3-c3c(-c5ccccc5)cccc3-4)cc2)cc1. The summed E-state index contributed by atoms with van der Waals surface area (Å²) in [5.41, 5.74) is 12.3. The maximum absolute atomic E-state index is 7.28. The van der Waals surface area contributed by atoms with Gasteiger partial charge in [0.1, 0.15) is 5.75 Å². The third kappa shape index (κ3) is 5.12. The molecule has 0 amide bonds. The normalized spacial score (nSPS) is 11.6. The van der Waals surface area contributed by atoms with Crippen LogP contribution in [0.15, 0.2) is 200 Å². The zero-order valence-corrected chi connectivity index (χ0v) is 28.4. The quantitative estimate of drug-likeness (QED) is 0.182. The molecule has 9 aromatic rings. The summed E-state index contributed by atoms with van der Waals surface area (Å²) in [5, 5.41) is 4.71. The van der Waals surface area contributed by atoms with Crippen LogP contribution in [0, 0.1) is 0 Å². The van der Waals surface area contributed by atoms with Crippen molar-refractivity contribution in [3.63, 3.8) is 0 Å². The van der Waals surface area contributed by atoms with Gasteiger partial charge in [0.05, 0.1) is 5.69 Å². The fraction of sp³-hybridized carbons (Fsp3) is 0. The molecule has 52 heavy (non-hydrogen) atoms. The number of hydrogen-bond acceptors (Lipinski definition) is 2. The third-order valence-corrected chi connectivity index (χ3v) is 10.2. The van der Waals surface area contributed by atoms with E-state index in [4.69, 9.17) is 4.74 Å². The first-order valence-electron chi connectivity index (χ1n) is 17.8. The van der Waals surface area contributed by atoms with E-state index in [1.807, 2.05) is 0 Å². The molecule has 0 aromatic heterocycles. The molecule has 0 saturated heterocycles. The van der Waals surface area contributed by atoms with E-state index in [0.717, 1.165) is 50.6 Å². The third-order valence-electron chi connectivity index (χ3n) is 10.2. The van der Waals surface area contributed by atoms with Crippen LogP contribution in [-0.4, -0.2) is 0 Å². The molecule has 1 aliphatic heterocycles. The Morgan fingerprint density at radius 2 is 0.885 bits per heavy atom. The molecule has 9 aromatic carbocycles. The van der Waals surface area contributed by atoms with Gasteiger partial charge in [0.15, 0.2) is 5.75 Å². The average molecular weight is 664 g/mol. The van der Waals surface area contributed by atoms with Crippen molar-refractivity contribution >= 4 is 38.6 Å². The lowest BCUT2D eigenvalue weighted by Crippen LogP contribution is -2.11. The lowest BCUT2D eigenvalue weighted by atomic mass is 9.87. The van der Waals surface area contributed by atoms with Crippen LogP contribution in [0.25, 0.3) is 66.1 Å². The van der Waals surface area contributed by atoms with E-state index >= 15 is 0 Å². The summed E-state index contributed by atoms with van der Waals surface area (Å²) >= 11 is 0. The monoisotopic (exact) mass is 663 g/mol. The second-order valence-electron chi connectivity index (χ2n) is 13.3. The Hall–Kier alpha value is -6.90. The Kier molecular flexibility index (Phi) is 7.18. The summed E-state index contributed by atoms with van der Waals surface area (Å²) in [4.78, 5) is 2.34. The Balaban J connectivity index is 1.24. The van der Waals surface area contributed by atoms with Crippen LogP contribution < -0.4 is 9.64 Å². The van der Waals surface area contributed by atoms with Gasteiger partial charge in [-0.25, -0.2) is 0 Å². The first-order chi connectivity index (χ1) is 25.8. The van der Waals surface area contributed by atoms with Gasteiger partial charge in [-0.2, -0.15) is 0 Å². The van der Waals surface area contributed by atoms with Crippen molar-refractivity contribution in [1.29, 1.82) is 0 Å². The molecule has 0 spiro atoms. The number of ether oxygens (including phenoxy) is 1. The molecule has 0 bridgehead atoms. The topological polar surface area (TPSA) is 12.5 Å². The highest BCUT2D eigenvalue weighted by atomic mass is 16.5. The molecule has 10 rings (SSSR count). The van der Waals surface area contributed by atoms with E-state index in [-0.39, 0.29) is 0 Å². The van der Waals surface area contributed by atoms with Crippen molar-refractivity contribution in [2.24, 2.45) is 0 Å². The second-order valence-corrected chi connectivity index (χ2v) is 13.3. The number of hydrogen-bond donors (Lipinski definition) is 0. The minimum absolute atomic E-state index is 0.822. The minimum Gasteiger partial charge on any atom is -0.454 e. The van der Waals surface area contributed by atoms with Crippen molar-refractivity contribution in [2.45, 2.75) is 0 Å². The Morgan fingerprint density at radius 3 is 1.63 bits per heavy atom. The van der Waals surface area contributed by atoms with Crippen LogP contribution in [0.3, 0.4) is 0 Å². The largest absolute Gasteiger partial charge is 0.454 e. The fourth-order valence-electron chi connectivity index (χ4n) is 7.73. The molecular formula is C50H33NO. The maximum Gasteiger partial charge on any atom is 0.159 e. The van der Waals surface area contributed by atoms with Crippen LogP contribution in [0.4, 0.5) is 17.1 Å². The summed E-state index contributed by atoms with van der Waals surface area (Å²) in [6.07, 6.45) is 0. The van der Waals surface area contributed by atoms with Gasteiger partial charge in [0.2, 0.25) is 0 Å². The van der Waals surface area contributed by atoms with Gasteiger partial charge in [-0.3, -0.25) is 0 Å². The van der Waals surface area contributed by atoms with Crippen molar-refractivity contribution in [1.82, 2.24) is 0 Å². The van der Waals surface area contributed by atoms with E-state index in [1.165, 1.54) is 44.0 Å². The van der Waals surface area contributed by atoms with E-state index in [9.17, 15) is 0 Å². The zero-order chi connectivity index (χ0) is 34.4. The average Bonchev–Trinajstić information content (AvgIpc) is 3.35. The summed E-state index contributed by atoms with van der Waals surface area (Å²) in [5.74, 6) is 1.66. The number of anilines is 3. The molecule has 0 fully saturated rings. The Morgan fingerprint density at radius 1 is 0.327 bits per heavy atom. The molecule has 1 heterocycles. The molecule has 0 radical (unpaired) electrons. The van der Waals surface area contributed by atoms with Gasteiger partial charge < -0.3 is 9.64 Å². The van der Waals surface area contributed by atoms with Crippen molar-refractivity contribution < 1.29 is 4.74 Å². The lowest BCUT2D eigenvalue weighted by Gasteiger charge is -2.28. The molecule has 2 heteroatoms. The molecular weight excluding hydrogens is 631 g/mol. The van der Waals surface area contributed by atoms with E-state index < -0.39 is 0 Å². The second kappa shape index (κ2) is 12.5. The number of rotatable bonds is 5. The molecule has 0 N–H and O–H groups in total. The molecule has 0 saturated carbocycles. The minimum atomic E-state index is 0.822.